The number of aliphatic hydroxyl groups excluding tert-OH is 1. The molecule has 1 aliphatic rings. The van der Waals surface area contributed by atoms with Gasteiger partial charge in [-0.05, 0) is 30.4 Å². The highest BCUT2D eigenvalue weighted by molar-refractivity contribution is 6.39. The van der Waals surface area contributed by atoms with E-state index in [-0.39, 0.29) is 29.8 Å². The Hall–Kier alpha value is -3.26. The van der Waals surface area contributed by atoms with E-state index in [1.165, 1.54) is 23.4 Å². The molecule has 4 N–H and O–H groups in total. The highest BCUT2D eigenvalue weighted by Gasteiger charge is 2.35. The molecular weight excluding hydrogens is 360 g/mol. The number of aromatic nitrogens is 1. The zero-order valence-electron chi connectivity index (χ0n) is 15.2. The minimum absolute atomic E-state index is 0.0442. The van der Waals surface area contributed by atoms with Gasteiger partial charge < -0.3 is 21.1 Å². The van der Waals surface area contributed by atoms with Crippen molar-refractivity contribution in [1.82, 2.24) is 9.88 Å². The van der Waals surface area contributed by atoms with Gasteiger partial charge in [0.05, 0.1) is 23.5 Å². The summed E-state index contributed by atoms with van der Waals surface area (Å²) in [7, 11) is 0. The predicted octanol–water partition coefficient (Wildman–Crippen LogP) is 1.09. The minimum atomic E-state index is -0.831. The molecule has 3 rings (SSSR count). The number of carbonyl (C=O) groups is 3. The quantitative estimate of drug-likeness (QED) is 0.683. The van der Waals surface area contributed by atoms with E-state index in [0.29, 0.717) is 13.0 Å². The number of primary amides is 1. The van der Waals surface area contributed by atoms with E-state index < -0.39 is 17.7 Å². The van der Waals surface area contributed by atoms with Crippen LogP contribution in [0.3, 0.4) is 0 Å². The number of likely N-dealkylation sites (tertiary alicyclic amines) is 1. The van der Waals surface area contributed by atoms with Crippen molar-refractivity contribution < 1.29 is 19.5 Å². The number of nitrogens with zero attached hydrogens (tertiary/aromatic N) is 2. The summed E-state index contributed by atoms with van der Waals surface area (Å²) in [6, 6.07) is 10.6. The molecule has 2 heterocycles. The van der Waals surface area contributed by atoms with Crippen LogP contribution in [0.1, 0.15) is 34.8 Å². The zero-order chi connectivity index (χ0) is 20.1. The third-order valence-electron chi connectivity index (χ3n) is 4.86. The molecule has 1 aromatic heterocycles. The molecule has 3 amide bonds. The molecule has 8 nitrogen and oxygen atoms in total. The molecule has 1 saturated heterocycles. The van der Waals surface area contributed by atoms with E-state index in [0.717, 1.165) is 12.0 Å². The molecule has 0 saturated carbocycles. The Morgan fingerprint density at radius 2 is 1.93 bits per heavy atom. The van der Waals surface area contributed by atoms with Gasteiger partial charge in [-0.2, -0.15) is 0 Å². The number of amides is 3. The summed E-state index contributed by atoms with van der Waals surface area (Å²) in [6.45, 7) is 0.249. The second kappa shape index (κ2) is 8.62. The molecule has 28 heavy (non-hydrogen) atoms. The molecule has 1 fully saturated rings. The predicted molar refractivity (Wildman–Crippen MR) is 102 cm³/mol. The Kier molecular flexibility index (Phi) is 6.00. The number of piperidine rings is 1. The maximum Gasteiger partial charge on any atom is 0.313 e. The lowest BCUT2D eigenvalue weighted by atomic mass is 9.89. The lowest BCUT2D eigenvalue weighted by molar-refractivity contribution is -0.147. The van der Waals surface area contributed by atoms with Gasteiger partial charge in [-0.1, -0.05) is 30.3 Å². The van der Waals surface area contributed by atoms with Crippen LogP contribution in [0.5, 0.6) is 0 Å². The van der Waals surface area contributed by atoms with E-state index >= 15 is 0 Å². The molecule has 8 heteroatoms. The Morgan fingerprint density at radius 3 is 2.61 bits per heavy atom. The number of hydrogen-bond acceptors (Lipinski definition) is 5. The summed E-state index contributed by atoms with van der Waals surface area (Å²) in [5, 5.41) is 12.0. The first-order valence-corrected chi connectivity index (χ1v) is 9.02. The lowest BCUT2D eigenvalue weighted by Crippen LogP contribution is -2.47. The maximum atomic E-state index is 12.9. The monoisotopic (exact) mass is 382 g/mol. The molecule has 2 atom stereocenters. The Morgan fingerprint density at radius 1 is 1.18 bits per heavy atom. The van der Waals surface area contributed by atoms with E-state index in [4.69, 9.17) is 5.73 Å². The van der Waals surface area contributed by atoms with Crippen molar-refractivity contribution in [3.63, 3.8) is 0 Å². The largest absolute Gasteiger partial charge is 0.396 e. The molecule has 146 valence electrons. The first-order chi connectivity index (χ1) is 13.5. The summed E-state index contributed by atoms with van der Waals surface area (Å²) >= 11 is 0. The van der Waals surface area contributed by atoms with E-state index in [1.807, 2.05) is 30.3 Å². The molecule has 2 aromatic rings. The molecular formula is C20H22N4O4. The average molecular weight is 382 g/mol. The van der Waals surface area contributed by atoms with Gasteiger partial charge in [0.2, 0.25) is 5.91 Å². The van der Waals surface area contributed by atoms with Crippen LogP contribution < -0.4 is 11.1 Å². The summed E-state index contributed by atoms with van der Waals surface area (Å²) in [6.07, 6.45) is 4.04. The van der Waals surface area contributed by atoms with Crippen LogP contribution in [0.15, 0.2) is 48.8 Å². The zero-order valence-corrected chi connectivity index (χ0v) is 15.2. The van der Waals surface area contributed by atoms with E-state index in [2.05, 4.69) is 10.3 Å². The SMILES string of the molecule is NC(=O)c1cncc(NC(=O)C(=O)N2C[C@@H](CO)CC[C@@H]2c2ccccc2)c1. The molecule has 0 aliphatic carbocycles. The molecule has 0 spiro atoms. The summed E-state index contributed by atoms with van der Waals surface area (Å²) in [5.41, 5.74) is 6.50. The topological polar surface area (TPSA) is 126 Å². The number of carbonyl (C=O) groups excluding carboxylic acids is 3. The van der Waals surface area contributed by atoms with Gasteiger partial charge in [-0.25, -0.2) is 0 Å². The van der Waals surface area contributed by atoms with Crippen LogP contribution in [0, 0.1) is 5.92 Å². The highest BCUT2D eigenvalue weighted by atomic mass is 16.3. The third kappa shape index (κ3) is 4.34. The van der Waals surface area contributed by atoms with Crippen molar-refractivity contribution in [2.24, 2.45) is 11.7 Å². The fourth-order valence-corrected chi connectivity index (χ4v) is 3.40. The van der Waals surface area contributed by atoms with Gasteiger partial charge >= 0.3 is 11.8 Å². The van der Waals surface area contributed by atoms with Gasteiger partial charge in [0.15, 0.2) is 0 Å². The molecule has 0 radical (unpaired) electrons. The minimum Gasteiger partial charge on any atom is -0.396 e. The molecule has 0 unspecified atom stereocenters. The second-order valence-corrected chi connectivity index (χ2v) is 6.79. The number of benzene rings is 1. The summed E-state index contributed by atoms with van der Waals surface area (Å²) in [5.74, 6) is -2.28. The van der Waals surface area contributed by atoms with Crippen molar-refractivity contribution in [3.8, 4) is 0 Å². The number of nitrogens with one attached hydrogen (secondary N) is 1. The fraction of sp³-hybridized carbons (Fsp3) is 0.300. The second-order valence-electron chi connectivity index (χ2n) is 6.79. The van der Waals surface area contributed by atoms with Crippen molar-refractivity contribution in [2.75, 3.05) is 18.5 Å². The van der Waals surface area contributed by atoms with Crippen LogP contribution in [0.25, 0.3) is 0 Å². The molecule has 1 aromatic carbocycles. The van der Waals surface area contributed by atoms with Crippen molar-refractivity contribution >= 4 is 23.4 Å². The van der Waals surface area contributed by atoms with Crippen molar-refractivity contribution in [1.29, 1.82) is 0 Å². The smallest absolute Gasteiger partial charge is 0.313 e. The summed E-state index contributed by atoms with van der Waals surface area (Å²) < 4.78 is 0. The first-order valence-electron chi connectivity index (χ1n) is 9.02. The van der Waals surface area contributed by atoms with Gasteiger partial charge in [0.25, 0.3) is 0 Å². The standard InChI is InChI=1S/C20H22N4O4/c21-18(26)15-8-16(10-22-9-15)23-19(27)20(28)24-11-13(12-25)6-7-17(24)14-4-2-1-3-5-14/h1-5,8-10,13,17,25H,6-7,11-12H2,(H2,21,26)(H,23,27)/t13-,17+/m0/s1. The third-order valence-corrected chi connectivity index (χ3v) is 4.86. The Labute approximate surface area is 162 Å². The average Bonchev–Trinajstić information content (AvgIpc) is 2.73. The first kappa shape index (κ1) is 19.5. The number of pyridine rings is 1. The number of hydrogen-bond donors (Lipinski definition) is 3. The lowest BCUT2D eigenvalue weighted by Gasteiger charge is -2.39. The Balaban J connectivity index is 1.79. The molecule has 1 aliphatic heterocycles. The normalized spacial score (nSPS) is 19.1. The van der Waals surface area contributed by atoms with Crippen LogP contribution in [0.4, 0.5) is 5.69 Å². The van der Waals surface area contributed by atoms with E-state index in [1.54, 1.807) is 0 Å². The van der Waals surface area contributed by atoms with Crippen molar-refractivity contribution in [2.45, 2.75) is 18.9 Å². The van der Waals surface area contributed by atoms with Crippen LogP contribution in [-0.2, 0) is 9.59 Å². The summed E-state index contributed by atoms with van der Waals surface area (Å²) in [4.78, 5) is 42.0. The van der Waals surface area contributed by atoms with Gasteiger partial charge in [-0.15, -0.1) is 0 Å². The van der Waals surface area contributed by atoms with E-state index in [9.17, 15) is 19.5 Å². The number of rotatable bonds is 4. The van der Waals surface area contributed by atoms with Gasteiger partial charge in [-0.3, -0.25) is 19.4 Å². The highest BCUT2D eigenvalue weighted by Crippen LogP contribution is 2.33. The van der Waals surface area contributed by atoms with Gasteiger partial charge in [0, 0.05) is 19.3 Å². The fourth-order valence-electron chi connectivity index (χ4n) is 3.40. The maximum absolute atomic E-state index is 12.9. The van der Waals surface area contributed by atoms with Crippen molar-refractivity contribution in [3.05, 3.63) is 59.9 Å². The van der Waals surface area contributed by atoms with Crippen LogP contribution >= 0.6 is 0 Å². The van der Waals surface area contributed by atoms with Crippen LogP contribution in [0.2, 0.25) is 0 Å². The number of nitrogens with two attached hydrogens (primary N) is 1. The Bertz CT molecular complexity index is 872. The number of aliphatic hydroxyl groups is 1. The molecule has 0 bridgehead atoms. The van der Waals surface area contributed by atoms with Gasteiger partial charge in [0.1, 0.15) is 0 Å². The number of anilines is 1. The van der Waals surface area contributed by atoms with Crippen LogP contribution in [-0.4, -0.2) is 45.9 Å².